The highest BCUT2D eigenvalue weighted by atomic mass is 16.6. The summed E-state index contributed by atoms with van der Waals surface area (Å²) < 4.78 is 6.72. The van der Waals surface area contributed by atoms with Crippen molar-refractivity contribution < 1.29 is 9.45 Å². The van der Waals surface area contributed by atoms with Gasteiger partial charge in [0.25, 0.3) is 5.69 Å². The van der Waals surface area contributed by atoms with Crippen molar-refractivity contribution in [3.8, 4) is 28.2 Å². The molecular formula is C19H14N4O3. The molecule has 4 rings (SSSR count). The van der Waals surface area contributed by atoms with Crippen LogP contribution in [0, 0.1) is 17.0 Å². The lowest BCUT2D eigenvalue weighted by Gasteiger charge is -2.01. The molecule has 0 aliphatic heterocycles. The van der Waals surface area contributed by atoms with Gasteiger partial charge < -0.3 is 4.52 Å². The topological polar surface area (TPSA) is 87.0 Å². The molecule has 7 nitrogen and oxygen atoms in total. The van der Waals surface area contributed by atoms with E-state index < -0.39 is 4.92 Å². The Morgan fingerprint density at radius 2 is 1.77 bits per heavy atom. The smallest absolute Gasteiger partial charge is 0.269 e. The molecule has 0 aliphatic carbocycles. The van der Waals surface area contributed by atoms with Gasteiger partial charge in [0.2, 0.25) is 0 Å². The van der Waals surface area contributed by atoms with Crippen molar-refractivity contribution in [2.45, 2.75) is 6.92 Å². The molecule has 0 unspecified atom stereocenters. The molecule has 0 saturated heterocycles. The molecule has 0 aliphatic rings. The average Bonchev–Trinajstić information content (AvgIpc) is 3.32. The Morgan fingerprint density at radius 3 is 2.38 bits per heavy atom. The SMILES string of the molecule is Cc1ccc(-n2cc(-c3ccc([N+](=O)[O-])cc3)c(-c3ccon3)n2)cc1. The van der Waals surface area contributed by atoms with E-state index in [1.54, 1.807) is 22.9 Å². The van der Waals surface area contributed by atoms with Crippen molar-refractivity contribution in [2.24, 2.45) is 0 Å². The van der Waals surface area contributed by atoms with Crippen LogP contribution in [0.2, 0.25) is 0 Å². The first-order chi connectivity index (χ1) is 12.6. The summed E-state index contributed by atoms with van der Waals surface area (Å²) in [6, 6.07) is 16.1. The number of non-ortho nitro benzene ring substituents is 1. The second kappa shape index (κ2) is 6.29. The Bertz CT molecular complexity index is 1050. The van der Waals surface area contributed by atoms with Gasteiger partial charge in [-0.15, -0.1) is 0 Å². The van der Waals surface area contributed by atoms with Gasteiger partial charge in [-0.2, -0.15) is 5.10 Å². The summed E-state index contributed by atoms with van der Waals surface area (Å²) >= 11 is 0. The minimum atomic E-state index is -0.419. The number of aryl methyl sites for hydroxylation is 1. The zero-order valence-electron chi connectivity index (χ0n) is 13.9. The lowest BCUT2D eigenvalue weighted by molar-refractivity contribution is -0.384. The molecule has 26 heavy (non-hydrogen) atoms. The Labute approximate surface area is 148 Å². The Balaban J connectivity index is 1.84. The molecule has 0 saturated carbocycles. The largest absolute Gasteiger partial charge is 0.364 e. The van der Waals surface area contributed by atoms with Crippen molar-refractivity contribution in [3.05, 3.63) is 82.7 Å². The van der Waals surface area contributed by atoms with Crippen LogP contribution in [0.1, 0.15) is 5.56 Å². The quantitative estimate of drug-likeness (QED) is 0.403. The van der Waals surface area contributed by atoms with Gasteiger partial charge in [0.05, 0.1) is 10.6 Å². The van der Waals surface area contributed by atoms with Crippen molar-refractivity contribution in [1.29, 1.82) is 0 Å². The van der Waals surface area contributed by atoms with Crippen molar-refractivity contribution in [1.82, 2.24) is 14.9 Å². The van der Waals surface area contributed by atoms with Gasteiger partial charge in [0, 0.05) is 30.0 Å². The number of hydrogen-bond donors (Lipinski definition) is 0. The van der Waals surface area contributed by atoms with Gasteiger partial charge >= 0.3 is 0 Å². The lowest BCUT2D eigenvalue weighted by atomic mass is 10.0. The first-order valence-electron chi connectivity index (χ1n) is 7.94. The summed E-state index contributed by atoms with van der Waals surface area (Å²) in [5.74, 6) is 0. The van der Waals surface area contributed by atoms with E-state index in [1.807, 2.05) is 37.4 Å². The Kier molecular flexibility index (Phi) is 3.81. The maximum atomic E-state index is 10.9. The van der Waals surface area contributed by atoms with E-state index in [0.717, 1.165) is 22.4 Å². The Hall–Kier alpha value is -3.74. The minimum Gasteiger partial charge on any atom is -0.364 e. The summed E-state index contributed by atoms with van der Waals surface area (Å²) in [5.41, 5.74) is 4.99. The van der Waals surface area contributed by atoms with Crippen LogP contribution in [0.25, 0.3) is 28.2 Å². The van der Waals surface area contributed by atoms with E-state index >= 15 is 0 Å². The third-order valence-corrected chi connectivity index (χ3v) is 4.08. The molecule has 0 radical (unpaired) electrons. The second-order valence-electron chi connectivity index (χ2n) is 5.86. The van der Waals surface area contributed by atoms with Crippen molar-refractivity contribution in [2.75, 3.05) is 0 Å². The van der Waals surface area contributed by atoms with Gasteiger partial charge in [-0.05, 0) is 36.8 Å². The van der Waals surface area contributed by atoms with Crippen molar-refractivity contribution in [3.63, 3.8) is 0 Å². The highest BCUT2D eigenvalue weighted by Gasteiger charge is 2.17. The molecule has 0 bridgehead atoms. The number of aromatic nitrogens is 3. The summed E-state index contributed by atoms with van der Waals surface area (Å²) in [6.07, 6.45) is 3.37. The number of nitro groups is 1. The maximum Gasteiger partial charge on any atom is 0.269 e. The molecule has 2 aromatic carbocycles. The number of hydrogen-bond acceptors (Lipinski definition) is 5. The Morgan fingerprint density at radius 1 is 1.04 bits per heavy atom. The summed E-state index contributed by atoms with van der Waals surface area (Å²) in [4.78, 5) is 10.5. The van der Waals surface area contributed by atoms with Gasteiger partial charge in [-0.1, -0.05) is 22.9 Å². The average molecular weight is 346 g/mol. The van der Waals surface area contributed by atoms with E-state index in [2.05, 4.69) is 10.3 Å². The molecule has 0 atom stereocenters. The van der Waals surface area contributed by atoms with E-state index in [9.17, 15) is 10.1 Å². The van der Waals surface area contributed by atoms with E-state index in [0.29, 0.717) is 11.4 Å². The fourth-order valence-electron chi connectivity index (χ4n) is 2.70. The molecule has 4 aromatic rings. The van der Waals surface area contributed by atoms with Crippen LogP contribution in [-0.2, 0) is 0 Å². The molecule has 128 valence electrons. The second-order valence-corrected chi connectivity index (χ2v) is 5.86. The van der Waals surface area contributed by atoms with Gasteiger partial charge in [0.15, 0.2) is 0 Å². The molecule has 2 heterocycles. The third-order valence-electron chi connectivity index (χ3n) is 4.08. The predicted molar refractivity (Wildman–Crippen MR) is 95.9 cm³/mol. The number of rotatable bonds is 4. The van der Waals surface area contributed by atoms with Crippen molar-refractivity contribution >= 4 is 5.69 Å². The zero-order chi connectivity index (χ0) is 18.1. The standard InChI is InChI=1S/C19H14N4O3/c1-13-2-6-15(7-3-13)22-12-17(19(20-22)18-10-11-26-21-18)14-4-8-16(9-5-14)23(24)25/h2-12H,1H3. The predicted octanol–water partition coefficient (Wildman–Crippen LogP) is 4.41. The molecule has 0 amide bonds. The minimum absolute atomic E-state index is 0.0441. The summed E-state index contributed by atoms with van der Waals surface area (Å²) in [6.45, 7) is 2.02. The third kappa shape index (κ3) is 2.86. The van der Waals surface area contributed by atoms with E-state index in [4.69, 9.17) is 4.52 Å². The number of nitrogens with zero attached hydrogens (tertiary/aromatic N) is 4. The van der Waals surface area contributed by atoms with Gasteiger partial charge in [-0.25, -0.2) is 4.68 Å². The fraction of sp³-hybridized carbons (Fsp3) is 0.0526. The first kappa shape index (κ1) is 15.8. The lowest BCUT2D eigenvalue weighted by Crippen LogP contribution is -1.94. The summed E-state index contributed by atoms with van der Waals surface area (Å²) in [7, 11) is 0. The fourth-order valence-corrected chi connectivity index (χ4v) is 2.70. The van der Waals surface area contributed by atoms with E-state index in [-0.39, 0.29) is 5.69 Å². The number of benzene rings is 2. The molecule has 0 fully saturated rings. The van der Waals surface area contributed by atoms with Crippen LogP contribution < -0.4 is 0 Å². The van der Waals surface area contributed by atoms with Crippen LogP contribution in [0.15, 0.2) is 71.6 Å². The zero-order valence-corrected chi connectivity index (χ0v) is 13.9. The maximum absolute atomic E-state index is 10.9. The highest BCUT2D eigenvalue weighted by Crippen LogP contribution is 2.32. The van der Waals surface area contributed by atoms with Crippen LogP contribution in [0.3, 0.4) is 0 Å². The van der Waals surface area contributed by atoms with Gasteiger partial charge in [0.1, 0.15) is 17.7 Å². The normalized spacial score (nSPS) is 10.8. The van der Waals surface area contributed by atoms with Crippen LogP contribution in [0.4, 0.5) is 5.69 Å². The van der Waals surface area contributed by atoms with E-state index in [1.165, 1.54) is 18.4 Å². The first-order valence-corrected chi connectivity index (χ1v) is 7.94. The van der Waals surface area contributed by atoms with Crippen LogP contribution in [0.5, 0.6) is 0 Å². The molecule has 2 aromatic heterocycles. The molecular weight excluding hydrogens is 332 g/mol. The molecule has 7 heteroatoms. The monoisotopic (exact) mass is 346 g/mol. The molecule has 0 N–H and O–H groups in total. The van der Waals surface area contributed by atoms with Gasteiger partial charge in [-0.3, -0.25) is 10.1 Å². The highest BCUT2D eigenvalue weighted by molar-refractivity contribution is 5.79. The molecule has 0 spiro atoms. The van der Waals surface area contributed by atoms with Crippen LogP contribution >= 0.6 is 0 Å². The van der Waals surface area contributed by atoms with Crippen LogP contribution in [-0.4, -0.2) is 19.9 Å². The summed E-state index contributed by atoms with van der Waals surface area (Å²) in [5, 5.41) is 19.5. The number of nitro benzene ring substituents is 1.